The third-order valence-electron chi connectivity index (χ3n) is 4.02. The Labute approximate surface area is 128 Å². The SMILES string of the molecule is Cl.O=C(NC1CC1Cc1ccccc1)C1CC(F)(F)CN1. The van der Waals surface area contributed by atoms with Gasteiger partial charge in [0.2, 0.25) is 5.91 Å². The van der Waals surface area contributed by atoms with Crippen LogP contribution in [0.25, 0.3) is 0 Å². The number of alkyl halides is 2. The third kappa shape index (κ3) is 4.14. The molecule has 0 bridgehead atoms. The largest absolute Gasteiger partial charge is 0.352 e. The Balaban J connectivity index is 0.00000161. The van der Waals surface area contributed by atoms with E-state index in [4.69, 9.17) is 0 Å². The monoisotopic (exact) mass is 316 g/mol. The fourth-order valence-electron chi connectivity index (χ4n) is 2.75. The molecule has 1 aliphatic carbocycles. The molecule has 116 valence electrons. The fraction of sp³-hybridized carbons (Fsp3) is 0.533. The molecule has 1 heterocycles. The number of rotatable bonds is 4. The van der Waals surface area contributed by atoms with Gasteiger partial charge >= 0.3 is 0 Å². The van der Waals surface area contributed by atoms with Gasteiger partial charge in [0, 0.05) is 12.5 Å². The Morgan fingerprint density at radius 2 is 2.05 bits per heavy atom. The van der Waals surface area contributed by atoms with E-state index in [1.165, 1.54) is 5.56 Å². The van der Waals surface area contributed by atoms with E-state index in [0.717, 1.165) is 12.8 Å². The lowest BCUT2D eigenvalue weighted by molar-refractivity contribution is -0.123. The minimum atomic E-state index is -2.75. The number of hydrogen-bond acceptors (Lipinski definition) is 2. The van der Waals surface area contributed by atoms with E-state index in [9.17, 15) is 13.6 Å². The van der Waals surface area contributed by atoms with Gasteiger partial charge < -0.3 is 5.32 Å². The van der Waals surface area contributed by atoms with E-state index in [0.29, 0.717) is 5.92 Å². The molecule has 21 heavy (non-hydrogen) atoms. The summed E-state index contributed by atoms with van der Waals surface area (Å²) in [7, 11) is 0. The summed E-state index contributed by atoms with van der Waals surface area (Å²) in [5, 5.41) is 5.45. The number of carbonyl (C=O) groups is 1. The number of amides is 1. The van der Waals surface area contributed by atoms with Crippen LogP contribution in [0.2, 0.25) is 0 Å². The molecule has 6 heteroatoms. The zero-order valence-corrected chi connectivity index (χ0v) is 12.3. The van der Waals surface area contributed by atoms with Crippen molar-refractivity contribution < 1.29 is 13.6 Å². The van der Waals surface area contributed by atoms with Crippen molar-refractivity contribution in [3.05, 3.63) is 35.9 Å². The molecule has 0 aromatic heterocycles. The molecule has 3 unspecified atom stereocenters. The van der Waals surface area contributed by atoms with Gasteiger partial charge in [-0.2, -0.15) is 0 Å². The van der Waals surface area contributed by atoms with E-state index in [-0.39, 0.29) is 24.4 Å². The molecule has 0 spiro atoms. The lowest BCUT2D eigenvalue weighted by atomic mass is 10.1. The Hall–Kier alpha value is -1.20. The van der Waals surface area contributed by atoms with Gasteiger partial charge in [0.15, 0.2) is 0 Å². The maximum Gasteiger partial charge on any atom is 0.262 e. The van der Waals surface area contributed by atoms with Gasteiger partial charge in [0.1, 0.15) is 0 Å². The van der Waals surface area contributed by atoms with Crippen molar-refractivity contribution in [3.63, 3.8) is 0 Å². The Morgan fingerprint density at radius 3 is 2.67 bits per heavy atom. The van der Waals surface area contributed by atoms with Crippen LogP contribution in [0.5, 0.6) is 0 Å². The lowest BCUT2D eigenvalue weighted by Crippen LogP contribution is -2.41. The summed E-state index contributed by atoms with van der Waals surface area (Å²) in [5.41, 5.74) is 1.25. The molecule has 1 aliphatic heterocycles. The summed E-state index contributed by atoms with van der Waals surface area (Å²) in [6.45, 7) is -0.400. The van der Waals surface area contributed by atoms with Gasteiger partial charge in [-0.3, -0.25) is 10.1 Å². The summed E-state index contributed by atoms with van der Waals surface area (Å²) < 4.78 is 26.1. The van der Waals surface area contributed by atoms with Gasteiger partial charge in [0.25, 0.3) is 5.92 Å². The van der Waals surface area contributed by atoms with Gasteiger partial charge in [-0.1, -0.05) is 30.3 Å². The van der Waals surface area contributed by atoms with Crippen LogP contribution in [0.4, 0.5) is 8.78 Å². The molecule has 3 rings (SSSR count). The maximum absolute atomic E-state index is 13.0. The van der Waals surface area contributed by atoms with Gasteiger partial charge in [-0.15, -0.1) is 12.4 Å². The summed E-state index contributed by atoms with van der Waals surface area (Å²) in [5.74, 6) is -2.61. The number of halogens is 3. The highest BCUT2D eigenvalue weighted by molar-refractivity contribution is 5.85. The molecule has 3 nitrogen and oxygen atoms in total. The van der Waals surface area contributed by atoms with Crippen molar-refractivity contribution >= 4 is 18.3 Å². The first-order valence-corrected chi connectivity index (χ1v) is 6.99. The average Bonchev–Trinajstić information content (AvgIpc) is 3.01. The van der Waals surface area contributed by atoms with Crippen LogP contribution < -0.4 is 10.6 Å². The van der Waals surface area contributed by atoms with Crippen molar-refractivity contribution in [1.82, 2.24) is 10.6 Å². The number of nitrogens with one attached hydrogen (secondary N) is 2. The van der Waals surface area contributed by atoms with Crippen LogP contribution in [0.1, 0.15) is 18.4 Å². The minimum absolute atomic E-state index is 0. The number of hydrogen-bond donors (Lipinski definition) is 2. The van der Waals surface area contributed by atoms with Crippen molar-refractivity contribution in [2.45, 2.75) is 37.3 Å². The first-order valence-electron chi connectivity index (χ1n) is 6.99. The summed E-state index contributed by atoms with van der Waals surface area (Å²) >= 11 is 0. The van der Waals surface area contributed by atoms with Crippen molar-refractivity contribution in [3.8, 4) is 0 Å². The molecule has 1 saturated carbocycles. The predicted octanol–water partition coefficient (Wildman–Crippen LogP) is 2.15. The van der Waals surface area contributed by atoms with Crippen LogP contribution in [-0.4, -0.2) is 30.5 Å². The van der Waals surface area contributed by atoms with Crippen LogP contribution in [0.3, 0.4) is 0 Å². The predicted molar refractivity (Wildman–Crippen MR) is 78.8 cm³/mol. The van der Waals surface area contributed by atoms with Gasteiger partial charge in [-0.05, 0) is 24.3 Å². The van der Waals surface area contributed by atoms with E-state index in [1.54, 1.807) is 0 Å². The molecule has 1 aromatic carbocycles. The maximum atomic E-state index is 13.0. The fourth-order valence-corrected chi connectivity index (χ4v) is 2.75. The number of benzene rings is 1. The van der Waals surface area contributed by atoms with E-state index in [1.807, 2.05) is 18.2 Å². The molecule has 1 aromatic rings. The van der Waals surface area contributed by atoms with E-state index >= 15 is 0 Å². The Morgan fingerprint density at radius 1 is 1.33 bits per heavy atom. The van der Waals surface area contributed by atoms with Gasteiger partial charge in [0.05, 0.1) is 12.6 Å². The zero-order valence-electron chi connectivity index (χ0n) is 11.5. The zero-order chi connectivity index (χ0) is 14.2. The summed E-state index contributed by atoms with van der Waals surface area (Å²) in [4.78, 5) is 11.9. The molecular formula is C15H19ClF2N2O. The topological polar surface area (TPSA) is 41.1 Å². The lowest BCUT2D eigenvalue weighted by Gasteiger charge is -2.11. The van der Waals surface area contributed by atoms with Crippen LogP contribution in [-0.2, 0) is 11.2 Å². The first-order chi connectivity index (χ1) is 9.53. The van der Waals surface area contributed by atoms with Crippen LogP contribution in [0, 0.1) is 5.92 Å². The van der Waals surface area contributed by atoms with E-state index in [2.05, 4.69) is 22.8 Å². The standard InChI is InChI=1S/C15H18F2N2O.ClH/c16-15(17)8-13(18-9-15)14(20)19-12-7-11(12)6-10-4-2-1-3-5-10;/h1-5,11-13,18H,6-9H2,(H,19,20);1H. The Kier molecular flexibility index (Phi) is 4.84. The highest BCUT2D eigenvalue weighted by Crippen LogP contribution is 2.34. The Bertz CT molecular complexity index is 498. The van der Waals surface area contributed by atoms with Crippen molar-refractivity contribution in [2.75, 3.05) is 6.54 Å². The highest BCUT2D eigenvalue weighted by atomic mass is 35.5. The quantitative estimate of drug-likeness (QED) is 0.893. The van der Waals surface area contributed by atoms with Crippen LogP contribution in [0.15, 0.2) is 30.3 Å². The molecular weight excluding hydrogens is 298 g/mol. The average molecular weight is 317 g/mol. The smallest absolute Gasteiger partial charge is 0.262 e. The molecule has 1 amide bonds. The molecule has 3 atom stereocenters. The molecule has 0 radical (unpaired) electrons. The highest BCUT2D eigenvalue weighted by Gasteiger charge is 2.45. The molecule has 2 aliphatic rings. The second kappa shape index (κ2) is 6.28. The van der Waals surface area contributed by atoms with Crippen LogP contribution >= 0.6 is 12.4 Å². The normalized spacial score (nSPS) is 29.5. The molecule has 2 N–H and O–H groups in total. The number of carbonyl (C=O) groups excluding carboxylic acids is 1. The summed E-state index contributed by atoms with van der Waals surface area (Å²) in [6, 6.07) is 9.49. The second-order valence-corrected chi connectivity index (χ2v) is 5.79. The van der Waals surface area contributed by atoms with Gasteiger partial charge in [-0.25, -0.2) is 8.78 Å². The van der Waals surface area contributed by atoms with Crippen molar-refractivity contribution in [1.29, 1.82) is 0 Å². The van der Waals surface area contributed by atoms with Crippen molar-refractivity contribution in [2.24, 2.45) is 5.92 Å². The minimum Gasteiger partial charge on any atom is -0.352 e. The molecule has 2 fully saturated rings. The second-order valence-electron chi connectivity index (χ2n) is 5.79. The first kappa shape index (κ1) is 16.2. The molecule has 1 saturated heterocycles. The third-order valence-corrected chi connectivity index (χ3v) is 4.02. The summed E-state index contributed by atoms with van der Waals surface area (Å²) in [6.07, 6.45) is 1.47. The van der Waals surface area contributed by atoms with E-state index < -0.39 is 24.9 Å².